The van der Waals surface area contributed by atoms with E-state index in [0.717, 1.165) is 30.2 Å². The van der Waals surface area contributed by atoms with Crippen molar-refractivity contribution in [1.82, 2.24) is 10.2 Å². The summed E-state index contributed by atoms with van der Waals surface area (Å²) in [5.41, 5.74) is 2.21. The van der Waals surface area contributed by atoms with Crippen LogP contribution in [0.2, 0.25) is 0 Å². The van der Waals surface area contributed by atoms with Crippen LogP contribution in [0, 0.1) is 6.92 Å². The number of carbonyl (C=O) groups excluding carboxylic acids is 1. The third-order valence-electron chi connectivity index (χ3n) is 3.84. The van der Waals surface area contributed by atoms with Crippen molar-refractivity contribution in [1.29, 1.82) is 0 Å². The first kappa shape index (κ1) is 14.5. The van der Waals surface area contributed by atoms with Crippen molar-refractivity contribution in [2.45, 2.75) is 26.2 Å². The van der Waals surface area contributed by atoms with Crippen LogP contribution >= 0.6 is 0 Å². The van der Waals surface area contributed by atoms with Gasteiger partial charge in [-0.15, -0.1) is 10.2 Å². The lowest BCUT2D eigenvalue weighted by molar-refractivity contribution is 0.102. The van der Waals surface area contributed by atoms with E-state index in [4.69, 9.17) is 0 Å². The number of carbonyl (C=O) groups is 1. The Morgan fingerprint density at radius 3 is 2.59 bits per heavy atom. The Bertz CT molecular complexity index is 648. The van der Waals surface area contributed by atoms with Gasteiger partial charge in [0.15, 0.2) is 11.5 Å². The molecule has 1 aromatic carbocycles. The Kier molecular flexibility index (Phi) is 4.32. The Balaban J connectivity index is 1.68. The van der Waals surface area contributed by atoms with Gasteiger partial charge in [-0.25, -0.2) is 0 Å². The molecule has 0 saturated carbocycles. The number of aromatic nitrogens is 2. The lowest BCUT2D eigenvalue weighted by atomic mass is 10.1. The van der Waals surface area contributed by atoms with Crippen LogP contribution in [0.25, 0.3) is 0 Å². The molecule has 22 heavy (non-hydrogen) atoms. The summed E-state index contributed by atoms with van der Waals surface area (Å²) >= 11 is 0. The van der Waals surface area contributed by atoms with Crippen molar-refractivity contribution in [3.05, 3.63) is 47.7 Å². The second-order valence-corrected chi connectivity index (χ2v) is 5.65. The van der Waals surface area contributed by atoms with Crippen molar-refractivity contribution in [3.8, 4) is 0 Å². The van der Waals surface area contributed by atoms with E-state index in [1.807, 2.05) is 37.3 Å². The number of piperidine rings is 1. The van der Waals surface area contributed by atoms with Gasteiger partial charge in [-0.2, -0.15) is 0 Å². The number of nitrogens with zero attached hydrogens (tertiary/aromatic N) is 3. The first-order valence-corrected chi connectivity index (χ1v) is 7.69. The number of amides is 1. The highest BCUT2D eigenvalue weighted by Gasteiger charge is 2.14. The standard InChI is InChI=1S/C17H20N4O/c1-13-6-5-7-14(12-13)18-17(22)15-8-9-16(20-19-15)21-10-3-2-4-11-21/h5-9,12H,2-4,10-11H2,1H3,(H,18,22). The maximum Gasteiger partial charge on any atom is 0.276 e. The molecule has 1 amide bonds. The van der Waals surface area contributed by atoms with Crippen LogP contribution in [-0.2, 0) is 0 Å². The fourth-order valence-electron chi connectivity index (χ4n) is 2.66. The van der Waals surface area contributed by atoms with Gasteiger partial charge in [0.1, 0.15) is 0 Å². The minimum atomic E-state index is -0.233. The second kappa shape index (κ2) is 6.56. The highest BCUT2D eigenvalue weighted by atomic mass is 16.1. The van der Waals surface area contributed by atoms with Gasteiger partial charge in [0.05, 0.1) is 0 Å². The first-order chi connectivity index (χ1) is 10.7. The number of nitrogens with one attached hydrogen (secondary N) is 1. The summed E-state index contributed by atoms with van der Waals surface area (Å²) in [6.45, 7) is 4.02. The number of aryl methyl sites for hydroxylation is 1. The monoisotopic (exact) mass is 296 g/mol. The van der Waals surface area contributed by atoms with Crippen molar-refractivity contribution in [2.75, 3.05) is 23.3 Å². The van der Waals surface area contributed by atoms with E-state index < -0.39 is 0 Å². The highest BCUT2D eigenvalue weighted by Crippen LogP contribution is 2.17. The Hall–Kier alpha value is -2.43. The van der Waals surface area contributed by atoms with Gasteiger partial charge in [0.25, 0.3) is 5.91 Å². The minimum Gasteiger partial charge on any atom is -0.355 e. The fourth-order valence-corrected chi connectivity index (χ4v) is 2.66. The number of benzene rings is 1. The van der Waals surface area contributed by atoms with Crippen molar-refractivity contribution in [2.24, 2.45) is 0 Å². The average Bonchev–Trinajstić information content (AvgIpc) is 2.56. The van der Waals surface area contributed by atoms with E-state index in [-0.39, 0.29) is 5.91 Å². The lowest BCUT2D eigenvalue weighted by Gasteiger charge is -2.27. The number of rotatable bonds is 3. The molecule has 1 saturated heterocycles. The van der Waals surface area contributed by atoms with E-state index in [1.54, 1.807) is 6.07 Å². The van der Waals surface area contributed by atoms with Crippen molar-refractivity contribution >= 4 is 17.4 Å². The van der Waals surface area contributed by atoms with E-state index >= 15 is 0 Å². The molecule has 1 aromatic heterocycles. The van der Waals surface area contributed by atoms with Crippen LogP contribution in [0.5, 0.6) is 0 Å². The van der Waals surface area contributed by atoms with Crippen LogP contribution in [0.3, 0.4) is 0 Å². The molecule has 0 atom stereocenters. The van der Waals surface area contributed by atoms with E-state index in [9.17, 15) is 4.79 Å². The fraction of sp³-hybridized carbons (Fsp3) is 0.353. The number of hydrogen-bond acceptors (Lipinski definition) is 4. The summed E-state index contributed by atoms with van der Waals surface area (Å²) in [6, 6.07) is 11.3. The summed E-state index contributed by atoms with van der Waals surface area (Å²) < 4.78 is 0. The summed E-state index contributed by atoms with van der Waals surface area (Å²) in [6.07, 6.45) is 3.66. The largest absolute Gasteiger partial charge is 0.355 e. The molecule has 1 N–H and O–H groups in total. The van der Waals surface area contributed by atoms with Crippen LogP contribution in [0.4, 0.5) is 11.5 Å². The van der Waals surface area contributed by atoms with Crippen LogP contribution < -0.4 is 10.2 Å². The second-order valence-electron chi connectivity index (χ2n) is 5.65. The normalized spacial score (nSPS) is 14.7. The lowest BCUT2D eigenvalue weighted by Crippen LogP contribution is -2.30. The SMILES string of the molecule is Cc1cccc(NC(=O)c2ccc(N3CCCCC3)nn2)c1. The minimum absolute atomic E-state index is 0.233. The summed E-state index contributed by atoms with van der Waals surface area (Å²) in [4.78, 5) is 14.4. The summed E-state index contributed by atoms with van der Waals surface area (Å²) in [5.74, 6) is 0.620. The predicted octanol–water partition coefficient (Wildman–Crippen LogP) is 3.03. The summed E-state index contributed by atoms with van der Waals surface area (Å²) in [7, 11) is 0. The third-order valence-corrected chi connectivity index (χ3v) is 3.84. The molecule has 1 aliphatic heterocycles. The van der Waals surface area contributed by atoms with Gasteiger partial charge in [0.2, 0.25) is 0 Å². The quantitative estimate of drug-likeness (QED) is 0.946. The van der Waals surface area contributed by atoms with Gasteiger partial charge in [-0.1, -0.05) is 12.1 Å². The van der Waals surface area contributed by atoms with Crippen LogP contribution in [-0.4, -0.2) is 29.2 Å². The van der Waals surface area contributed by atoms with Crippen LogP contribution in [0.15, 0.2) is 36.4 Å². The van der Waals surface area contributed by atoms with Crippen molar-refractivity contribution < 1.29 is 4.79 Å². The molecule has 3 rings (SSSR count). The highest BCUT2D eigenvalue weighted by molar-refractivity contribution is 6.02. The molecule has 5 heteroatoms. The van der Waals surface area contributed by atoms with E-state index in [1.165, 1.54) is 19.3 Å². The molecule has 2 aromatic rings. The molecular formula is C17H20N4O. The van der Waals surface area contributed by atoms with Crippen molar-refractivity contribution in [3.63, 3.8) is 0 Å². The molecule has 114 valence electrons. The van der Waals surface area contributed by atoms with Gasteiger partial charge >= 0.3 is 0 Å². The molecule has 0 unspecified atom stereocenters. The maximum atomic E-state index is 12.2. The molecule has 1 aliphatic rings. The van der Waals surface area contributed by atoms with Gasteiger partial charge in [-0.05, 0) is 56.0 Å². The topological polar surface area (TPSA) is 58.1 Å². The van der Waals surface area contributed by atoms with E-state index in [0.29, 0.717) is 5.69 Å². The van der Waals surface area contributed by atoms with Gasteiger partial charge < -0.3 is 10.2 Å². The van der Waals surface area contributed by atoms with Crippen LogP contribution in [0.1, 0.15) is 35.3 Å². The molecule has 0 bridgehead atoms. The molecule has 0 spiro atoms. The van der Waals surface area contributed by atoms with Gasteiger partial charge in [-0.3, -0.25) is 4.79 Å². The zero-order valence-corrected chi connectivity index (χ0v) is 12.7. The molecule has 0 radical (unpaired) electrons. The zero-order chi connectivity index (χ0) is 15.4. The number of hydrogen-bond donors (Lipinski definition) is 1. The Labute approximate surface area is 130 Å². The molecular weight excluding hydrogens is 276 g/mol. The Morgan fingerprint density at radius 2 is 1.91 bits per heavy atom. The number of anilines is 2. The predicted molar refractivity (Wildman–Crippen MR) is 87.2 cm³/mol. The third kappa shape index (κ3) is 3.42. The molecule has 2 heterocycles. The Morgan fingerprint density at radius 1 is 1.09 bits per heavy atom. The molecule has 1 fully saturated rings. The maximum absolute atomic E-state index is 12.2. The van der Waals surface area contributed by atoms with Gasteiger partial charge in [0, 0.05) is 18.8 Å². The zero-order valence-electron chi connectivity index (χ0n) is 12.7. The summed E-state index contributed by atoms with van der Waals surface area (Å²) in [5, 5.41) is 11.1. The average molecular weight is 296 g/mol. The first-order valence-electron chi connectivity index (χ1n) is 7.69. The molecule has 0 aliphatic carbocycles. The van der Waals surface area contributed by atoms with E-state index in [2.05, 4.69) is 20.4 Å². The smallest absolute Gasteiger partial charge is 0.276 e. The molecule has 5 nitrogen and oxygen atoms in total.